The third-order valence-electron chi connectivity index (χ3n) is 2.56. The smallest absolute Gasteiger partial charge is 0.137 e. The maximum absolute atomic E-state index is 13.4. The molecule has 0 aromatic heterocycles. The van der Waals surface area contributed by atoms with Crippen molar-refractivity contribution in [3.8, 4) is 0 Å². The molecular formula is C12H18BrFN2O. The monoisotopic (exact) mass is 304 g/mol. The fourth-order valence-electron chi connectivity index (χ4n) is 1.58. The van der Waals surface area contributed by atoms with E-state index >= 15 is 0 Å². The van der Waals surface area contributed by atoms with Crippen molar-refractivity contribution in [1.29, 1.82) is 0 Å². The van der Waals surface area contributed by atoms with Crippen LogP contribution in [0.25, 0.3) is 0 Å². The van der Waals surface area contributed by atoms with Gasteiger partial charge in [0, 0.05) is 19.2 Å². The predicted molar refractivity (Wildman–Crippen MR) is 70.2 cm³/mol. The van der Waals surface area contributed by atoms with Crippen LogP contribution in [0.2, 0.25) is 0 Å². The second kappa shape index (κ2) is 7.76. The zero-order chi connectivity index (χ0) is 12.7. The topological polar surface area (TPSA) is 58.3 Å². The van der Waals surface area contributed by atoms with Crippen molar-refractivity contribution in [2.75, 3.05) is 19.7 Å². The van der Waals surface area contributed by atoms with Crippen molar-refractivity contribution < 1.29 is 9.50 Å². The lowest BCUT2D eigenvalue weighted by Gasteiger charge is -2.17. The molecule has 3 nitrogen and oxygen atoms in total. The van der Waals surface area contributed by atoms with Gasteiger partial charge < -0.3 is 16.2 Å². The third kappa shape index (κ3) is 4.71. The number of aliphatic hydroxyl groups is 1. The Hall–Kier alpha value is -0.490. The van der Waals surface area contributed by atoms with Gasteiger partial charge in [-0.1, -0.05) is 6.07 Å². The Bertz CT molecular complexity index is 349. The number of hydrogen-bond donors (Lipinski definition) is 3. The molecule has 1 unspecified atom stereocenters. The Labute approximate surface area is 109 Å². The molecule has 0 amide bonds. The summed E-state index contributed by atoms with van der Waals surface area (Å²) in [5, 5.41) is 11.9. The van der Waals surface area contributed by atoms with E-state index in [2.05, 4.69) is 21.2 Å². The highest BCUT2D eigenvalue weighted by atomic mass is 79.9. The normalized spacial score (nSPS) is 12.7. The molecule has 0 fully saturated rings. The number of nitrogens with two attached hydrogens (primary N) is 1. The summed E-state index contributed by atoms with van der Waals surface area (Å²) in [7, 11) is 0. The SMILES string of the molecule is NCC(NCCCCO)c1ccc(Br)c(F)c1. The van der Waals surface area contributed by atoms with Gasteiger partial charge in [-0.2, -0.15) is 0 Å². The molecule has 0 aliphatic heterocycles. The van der Waals surface area contributed by atoms with Crippen LogP contribution >= 0.6 is 15.9 Å². The van der Waals surface area contributed by atoms with Crippen molar-refractivity contribution in [2.45, 2.75) is 18.9 Å². The highest BCUT2D eigenvalue weighted by Crippen LogP contribution is 2.20. The first-order chi connectivity index (χ1) is 8.19. The number of rotatable bonds is 7. The van der Waals surface area contributed by atoms with Crippen LogP contribution in [-0.4, -0.2) is 24.8 Å². The van der Waals surface area contributed by atoms with Crippen LogP contribution in [0.4, 0.5) is 4.39 Å². The van der Waals surface area contributed by atoms with E-state index in [9.17, 15) is 4.39 Å². The van der Waals surface area contributed by atoms with Crippen LogP contribution in [-0.2, 0) is 0 Å². The molecule has 96 valence electrons. The molecule has 4 N–H and O–H groups in total. The van der Waals surface area contributed by atoms with E-state index in [-0.39, 0.29) is 18.5 Å². The Kier molecular flexibility index (Phi) is 6.65. The fraction of sp³-hybridized carbons (Fsp3) is 0.500. The molecule has 1 aromatic rings. The van der Waals surface area contributed by atoms with Crippen LogP contribution in [0.1, 0.15) is 24.4 Å². The first kappa shape index (κ1) is 14.6. The van der Waals surface area contributed by atoms with Gasteiger partial charge >= 0.3 is 0 Å². The third-order valence-corrected chi connectivity index (χ3v) is 3.20. The second-order valence-corrected chi connectivity index (χ2v) is 4.70. The van der Waals surface area contributed by atoms with Gasteiger partial charge in [0.05, 0.1) is 4.47 Å². The molecule has 0 saturated carbocycles. The summed E-state index contributed by atoms with van der Waals surface area (Å²) in [6.07, 6.45) is 1.64. The van der Waals surface area contributed by atoms with Gasteiger partial charge in [0.15, 0.2) is 0 Å². The molecule has 1 aromatic carbocycles. The van der Waals surface area contributed by atoms with Crippen molar-refractivity contribution in [3.05, 3.63) is 34.1 Å². The number of halogens is 2. The van der Waals surface area contributed by atoms with Gasteiger partial charge in [0.2, 0.25) is 0 Å². The standard InChI is InChI=1S/C12H18BrFN2O/c13-10-4-3-9(7-11(10)14)12(8-15)16-5-1-2-6-17/h3-4,7,12,16-17H,1-2,5-6,8,15H2. The van der Waals surface area contributed by atoms with Crippen molar-refractivity contribution >= 4 is 15.9 Å². The number of aliphatic hydroxyl groups excluding tert-OH is 1. The molecule has 1 rings (SSSR count). The first-order valence-corrected chi connectivity index (χ1v) is 6.47. The van der Waals surface area contributed by atoms with Crippen LogP contribution < -0.4 is 11.1 Å². The molecule has 1 atom stereocenters. The highest BCUT2D eigenvalue weighted by Gasteiger charge is 2.10. The van der Waals surface area contributed by atoms with Crippen molar-refractivity contribution in [2.24, 2.45) is 5.73 Å². The maximum atomic E-state index is 13.4. The number of hydrogen-bond acceptors (Lipinski definition) is 3. The summed E-state index contributed by atoms with van der Waals surface area (Å²) in [4.78, 5) is 0. The minimum Gasteiger partial charge on any atom is -0.396 e. The molecule has 0 aliphatic carbocycles. The van der Waals surface area contributed by atoms with Gasteiger partial charge in [0.25, 0.3) is 0 Å². The minimum atomic E-state index is -0.280. The van der Waals surface area contributed by atoms with Crippen LogP contribution in [0.5, 0.6) is 0 Å². The van der Waals surface area contributed by atoms with Crippen LogP contribution in [0, 0.1) is 5.82 Å². The summed E-state index contributed by atoms with van der Waals surface area (Å²) in [6.45, 7) is 1.38. The molecule has 17 heavy (non-hydrogen) atoms. The largest absolute Gasteiger partial charge is 0.396 e. The molecule has 0 heterocycles. The average Bonchev–Trinajstić information content (AvgIpc) is 2.33. The Morgan fingerprint density at radius 3 is 2.76 bits per heavy atom. The van der Waals surface area contributed by atoms with Gasteiger partial charge in [0.1, 0.15) is 5.82 Å². The summed E-state index contributed by atoms with van der Waals surface area (Å²) < 4.78 is 13.8. The quantitative estimate of drug-likeness (QED) is 0.675. The van der Waals surface area contributed by atoms with Crippen molar-refractivity contribution in [3.63, 3.8) is 0 Å². The molecule has 0 radical (unpaired) electrons. The zero-order valence-corrected chi connectivity index (χ0v) is 11.2. The molecular weight excluding hydrogens is 287 g/mol. The molecule has 0 spiro atoms. The fourth-order valence-corrected chi connectivity index (χ4v) is 1.83. The van der Waals surface area contributed by atoms with E-state index in [0.29, 0.717) is 11.0 Å². The van der Waals surface area contributed by atoms with Crippen LogP contribution in [0.15, 0.2) is 22.7 Å². The number of unbranched alkanes of at least 4 members (excludes halogenated alkanes) is 1. The minimum absolute atomic E-state index is 0.0451. The number of nitrogens with one attached hydrogen (secondary N) is 1. The van der Waals surface area contributed by atoms with Gasteiger partial charge in [-0.3, -0.25) is 0 Å². The first-order valence-electron chi connectivity index (χ1n) is 5.68. The van der Waals surface area contributed by atoms with E-state index < -0.39 is 0 Å². The summed E-state index contributed by atoms with van der Waals surface area (Å²) in [5.41, 5.74) is 6.51. The van der Waals surface area contributed by atoms with E-state index in [1.807, 2.05) is 6.07 Å². The van der Waals surface area contributed by atoms with Crippen LogP contribution in [0.3, 0.4) is 0 Å². The second-order valence-electron chi connectivity index (χ2n) is 3.85. The molecule has 0 saturated heterocycles. The van der Waals surface area contributed by atoms with E-state index in [1.54, 1.807) is 6.07 Å². The molecule has 5 heteroatoms. The lowest BCUT2D eigenvalue weighted by Crippen LogP contribution is -2.29. The molecule has 0 aliphatic rings. The Balaban J connectivity index is 2.56. The summed E-state index contributed by atoms with van der Waals surface area (Å²) in [5.74, 6) is -0.280. The summed E-state index contributed by atoms with van der Waals surface area (Å²) in [6, 6.07) is 4.98. The van der Waals surface area contributed by atoms with Gasteiger partial charge in [-0.05, 0) is 53.0 Å². The van der Waals surface area contributed by atoms with Gasteiger partial charge in [-0.25, -0.2) is 4.39 Å². The Morgan fingerprint density at radius 1 is 1.41 bits per heavy atom. The molecule has 0 bridgehead atoms. The summed E-state index contributed by atoms with van der Waals surface area (Å²) >= 11 is 3.12. The number of benzene rings is 1. The lowest BCUT2D eigenvalue weighted by atomic mass is 10.1. The maximum Gasteiger partial charge on any atom is 0.137 e. The average molecular weight is 305 g/mol. The van der Waals surface area contributed by atoms with Gasteiger partial charge in [-0.15, -0.1) is 0 Å². The zero-order valence-electron chi connectivity index (χ0n) is 9.63. The highest BCUT2D eigenvalue weighted by molar-refractivity contribution is 9.10. The predicted octanol–water partition coefficient (Wildman–Crippen LogP) is 1.95. The van der Waals surface area contributed by atoms with E-state index in [1.165, 1.54) is 6.07 Å². The Morgan fingerprint density at radius 2 is 2.18 bits per heavy atom. The van der Waals surface area contributed by atoms with E-state index in [4.69, 9.17) is 10.8 Å². The van der Waals surface area contributed by atoms with Crippen molar-refractivity contribution in [1.82, 2.24) is 5.32 Å². The van der Waals surface area contributed by atoms with E-state index in [0.717, 1.165) is 24.9 Å². The lowest BCUT2D eigenvalue weighted by molar-refractivity contribution is 0.282.